The third-order valence-corrected chi connectivity index (χ3v) is 4.60. The van der Waals surface area contributed by atoms with Gasteiger partial charge in [0.15, 0.2) is 0 Å². The SMILES string of the molecule is Cc1nc(SC(C)CC(C)(NC2CC2)C(N)=O)oc1C. The van der Waals surface area contributed by atoms with Gasteiger partial charge in [-0.05, 0) is 40.0 Å². The van der Waals surface area contributed by atoms with Crippen LogP contribution in [-0.4, -0.2) is 27.7 Å². The van der Waals surface area contributed by atoms with Crippen LogP contribution in [0.5, 0.6) is 0 Å². The Balaban J connectivity index is 1.97. The summed E-state index contributed by atoms with van der Waals surface area (Å²) in [6.45, 7) is 7.78. The van der Waals surface area contributed by atoms with E-state index in [-0.39, 0.29) is 11.2 Å². The molecule has 3 N–H and O–H groups in total. The number of amides is 1. The number of aryl methyl sites for hydroxylation is 2. The van der Waals surface area contributed by atoms with Crippen LogP contribution in [0.2, 0.25) is 0 Å². The first-order valence-electron chi connectivity index (χ1n) is 6.98. The fourth-order valence-corrected chi connectivity index (χ4v) is 3.31. The summed E-state index contributed by atoms with van der Waals surface area (Å²) < 4.78 is 5.57. The lowest BCUT2D eigenvalue weighted by Crippen LogP contribution is -2.55. The van der Waals surface area contributed by atoms with Crippen molar-refractivity contribution in [2.75, 3.05) is 0 Å². The number of primary amides is 1. The highest BCUT2D eigenvalue weighted by Gasteiger charge is 2.38. The average molecular weight is 297 g/mol. The molecule has 5 nitrogen and oxygen atoms in total. The van der Waals surface area contributed by atoms with Gasteiger partial charge in [-0.25, -0.2) is 4.98 Å². The number of nitrogens with zero attached hydrogens (tertiary/aromatic N) is 1. The molecule has 112 valence electrons. The summed E-state index contributed by atoms with van der Waals surface area (Å²) in [5, 5.41) is 4.21. The number of aromatic nitrogens is 1. The van der Waals surface area contributed by atoms with Crippen LogP contribution in [0, 0.1) is 13.8 Å². The first kappa shape index (κ1) is 15.4. The number of carbonyl (C=O) groups is 1. The average Bonchev–Trinajstić information content (AvgIpc) is 3.05. The number of hydrogen-bond donors (Lipinski definition) is 2. The van der Waals surface area contributed by atoms with Crippen molar-refractivity contribution >= 4 is 17.7 Å². The smallest absolute Gasteiger partial charge is 0.256 e. The van der Waals surface area contributed by atoms with Crippen molar-refractivity contribution in [2.45, 2.75) is 69.0 Å². The Labute approximate surface area is 124 Å². The maximum absolute atomic E-state index is 11.7. The van der Waals surface area contributed by atoms with Crippen molar-refractivity contribution in [3.8, 4) is 0 Å². The van der Waals surface area contributed by atoms with Crippen LogP contribution < -0.4 is 11.1 Å². The molecule has 1 aliphatic rings. The molecule has 1 fully saturated rings. The molecule has 1 aromatic heterocycles. The molecule has 0 spiro atoms. The summed E-state index contributed by atoms with van der Waals surface area (Å²) in [6.07, 6.45) is 2.91. The van der Waals surface area contributed by atoms with Crippen LogP contribution in [0.4, 0.5) is 0 Å². The Hall–Kier alpha value is -1.01. The van der Waals surface area contributed by atoms with E-state index in [0.29, 0.717) is 17.7 Å². The van der Waals surface area contributed by atoms with Crippen molar-refractivity contribution in [2.24, 2.45) is 5.73 Å². The molecule has 2 atom stereocenters. The molecule has 1 heterocycles. The second-order valence-corrected chi connectivity index (χ2v) is 7.26. The van der Waals surface area contributed by atoms with Gasteiger partial charge in [-0.2, -0.15) is 0 Å². The molecular weight excluding hydrogens is 274 g/mol. The molecule has 6 heteroatoms. The van der Waals surface area contributed by atoms with E-state index in [1.807, 2.05) is 20.8 Å². The lowest BCUT2D eigenvalue weighted by Gasteiger charge is -2.29. The van der Waals surface area contributed by atoms with Crippen molar-refractivity contribution in [3.63, 3.8) is 0 Å². The summed E-state index contributed by atoms with van der Waals surface area (Å²) in [4.78, 5) is 16.1. The van der Waals surface area contributed by atoms with E-state index in [1.54, 1.807) is 11.8 Å². The highest BCUT2D eigenvalue weighted by Crippen LogP contribution is 2.31. The highest BCUT2D eigenvalue weighted by atomic mass is 32.2. The second kappa shape index (κ2) is 5.77. The zero-order valence-electron chi connectivity index (χ0n) is 12.5. The molecule has 1 aromatic rings. The molecule has 0 bridgehead atoms. The van der Waals surface area contributed by atoms with Gasteiger partial charge in [-0.3, -0.25) is 4.79 Å². The predicted molar refractivity (Wildman–Crippen MR) is 79.7 cm³/mol. The molecule has 1 amide bonds. The number of carbonyl (C=O) groups excluding carboxylic acids is 1. The van der Waals surface area contributed by atoms with Crippen LogP contribution in [0.25, 0.3) is 0 Å². The van der Waals surface area contributed by atoms with Crippen LogP contribution in [0.15, 0.2) is 9.64 Å². The largest absolute Gasteiger partial charge is 0.437 e. The number of thioether (sulfide) groups is 1. The molecule has 0 aromatic carbocycles. The summed E-state index contributed by atoms with van der Waals surface area (Å²) in [5.41, 5.74) is 5.82. The summed E-state index contributed by atoms with van der Waals surface area (Å²) in [6, 6.07) is 0.441. The van der Waals surface area contributed by atoms with E-state index in [0.717, 1.165) is 24.3 Å². The maximum atomic E-state index is 11.7. The molecule has 1 saturated carbocycles. The number of oxazole rings is 1. The Kier molecular flexibility index (Phi) is 4.44. The third-order valence-electron chi connectivity index (χ3n) is 3.65. The summed E-state index contributed by atoms with van der Waals surface area (Å²) >= 11 is 1.54. The highest BCUT2D eigenvalue weighted by molar-refractivity contribution is 7.99. The minimum Gasteiger partial charge on any atom is -0.437 e. The number of nitrogens with two attached hydrogens (primary N) is 1. The topological polar surface area (TPSA) is 81.1 Å². The van der Waals surface area contributed by atoms with Gasteiger partial charge < -0.3 is 15.5 Å². The first-order chi connectivity index (χ1) is 9.30. The molecular formula is C14H23N3O2S. The van der Waals surface area contributed by atoms with Crippen molar-refractivity contribution in [1.82, 2.24) is 10.3 Å². The van der Waals surface area contributed by atoms with Gasteiger partial charge in [0, 0.05) is 11.3 Å². The van der Waals surface area contributed by atoms with Gasteiger partial charge in [0.1, 0.15) is 5.76 Å². The quantitative estimate of drug-likeness (QED) is 0.754. The van der Waals surface area contributed by atoms with Gasteiger partial charge in [-0.15, -0.1) is 0 Å². The normalized spacial score (nSPS) is 19.6. The van der Waals surface area contributed by atoms with Gasteiger partial charge in [-0.1, -0.05) is 18.7 Å². The van der Waals surface area contributed by atoms with Crippen molar-refractivity contribution in [1.29, 1.82) is 0 Å². The molecule has 1 aliphatic carbocycles. The van der Waals surface area contributed by atoms with E-state index in [1.165, 1.54) is 0 Å². The molecule has 0 radical (unpaired) electrons. The summed E-state index contributed by atoms with van der Waals surface area (Å²) in [5.74, 6) is 0.546. The maximum Gasteiger partial charge on any atom is 0.256 e. The Morgan fingerprint density at radius 1 is 1.60 bits per heavy atom. The summed E-state index contributed by atoms with van der Waals surface area (Å²) in [7, 11) is 0. The number of hydrogen-bond acceptors (Lipinski definition) is 5. The number of nitrogens with one attached hydrogen (secondary N) is 1. The van der Waals surface area contributed by atoms with Crippen LogP contribution in [0.1, 0.15) is 44.6 Å². The lowest BCUT2D eigenvalue weighted by atomic mass is 9.95. The molecule has 2 unspecified atom stereocenters. The zero-order chi connectivity index (χ0) is 14.9. The van der Waals surface area contributed by atoms with Gasteiger partial charge >= 0.3 is 0 Å². The monoisotopic (exact) mass is 297 g/mol. The van der Waals surface area contributed by atoms with E-state index in [4.69, 9.17) is 10.2 Å². The van der Waals surface area contributed by atoms with Crippen LogP contribution in [0.3, 0.4) is 0 Å². The van der Waals surface area contributed by atoms with Crippen molar-refractivity contribution < 1.29 is 9.21 Å². The van der Waals surface area contributed by atoms with E-state index >= 15 is 0 Å². The Morgan fingerprint density at radius 2 is 2.25 bits per heavy atom. The molecule has 20 heavy (non-hydrogen) atoms. The lowest BCUT2D eigenvalue weighted by molar-refractivity contribution is -0.124. The van der Waals surface area contributed by atoms with Crippen LogP contribution >= 0.6 is 11.8 Å². The molecule has 0 aliphatic heterocycles. The molecule has 2 rings (SSSR count). The fraction of sp³-hybridized carbons (Fsp3) is 0.714. The van der Waals surface area contributed by atoms with E-state index in [9.17, 15) is 4.79 Å². The Morgan fingerprint density at radius 3 is 2.70 bits per heavy atom. The van der Waals surface area contributed by atoms with Crippen molar-refractivity contribution in [3.05, 3.63) is 11.5 Å². The molecule has 0 saturated heterocycles. The standard InChI is InChI=1S/C14H23N3O2S/c1-8(20-13-16-9(2)10(3)19-13)7-14(4,12(15)18)17-11-5-6-11/h8,11,17H,5-7H2,1-4H3,(H2,15,18). The van der Waals surface area contributed by atoms with Gasteiger partial charge in [0.2, 0.25) is 5.91 Å². The van der Waals surface area contributed by atoms with Gasteiger partial charge in [0.05, 0.1) is 11.2 Å². The fourth-order valence-electron chi connectivity index (χ4n) is 2.19. The number of rotatable bonds is 7. The minimum absolute atomic E-state index is 0.191. The Bertz CT molecular complexity index is 479. The van der Waals surface area contributed by atoms with E-state index < -0.39 is 5.54 Å². The van der Waals surface area contributed by atoms with Gasteiger partial charge in [0.25, 0.3) is 5.22 Å². The second-order valence-electron chi connectivity index (χ2n) is 5.87. The zero-order valence-corrected chi connectivity index (χ0v) is 13.3. The predicted octanol–water partition coefficient (Wildman–Crippen LogP) is 2.16. The third kappa shape index (κ3) is 3.76. The van der Waals surface area contributed by atoms with Crippen LogP contribution in [-0.2, 0) is 4.79 Å². The minimum atomic E-state index is -0.662. The first-order valence-corrected chi connectivity index (χ1v) is 7.86. The van der Waals surface area contributed by atoms with E-state index in [2.05, 4.69) is 17.2 Å².